The van der Waals surface area contributed by atoms with Crippen molar-refractivity contribution in [3.63, 3.8) is 0 Å². The number of nitrogens with zero attached hydrogens (tertiary/aromatic N) is 1. The lowest BCUT2D eigenvalue weighted by Gasteiger charge is -2.20. The summed E-state index contributed by atoms with van der Waals surface area (Å²) in [5.74, 6) is 0.973. The third-order valence-electron chi connectivity index (χ3n) is 3.67. The predicted molar refractivity (Wildman–Crippen MR) is 58.8 cm³/mol. The average Bonchev–Trinajstić information content (AvgIpc) is 3.09. The minimum atomic E-state index is -0.833. The van der Waals surface area contributed by atoms with Crippen LogP contribution in [-0.4, -0.2) is 35.0 Å². The highest BCUT2D eigenvalue weighted by molar-refractivity contribution is 5.82. The van der Waals surface area contributed by atoms with Gasteiger partial charge in [-0.05, 0) is 38.0 Å². The summed E-state index contributed by atoms with van der Waals surface area (Å²) in [6, 6.07) is 0. The van der Waals surface area contributed by atoms with E-state index in [1.807, 2.05) is 6.92 Å². The number of carboxylic acids is 1. The van der Waals surface area contributed by atoms with Crippen LogP contribution in [0.2, 0.25) is 0 Å². The Labute approximate surface area is 95.6 Å². The van der Waals surface area contributed by atoms with Crippen molar-refractivity contribution >= 4 is 11.9 Å². The van der Waals surface area contributed by atoms with Crippen LogP contribution < -0.4 is 0 Å². The highest BCUT2D eigenvalue weighted by Gasteiger charge is 2.51. The summed E-state index contributed by atoms with van der Waals surface area (Å²) >= 11 is 0. The lowest BCUT2D eigenvalue weighted by Crippen LogP contribution is -2.34. The second kappa shape index (κ2) is 4.44. The minimum Gasteiger partial charge on any atom is -0.481 e. The average molecular weight is 225 g/mol. The molecule has 1 N–H and O–H groups in total. The molecule has 0 saturated heterocycles. The first-order valence-corrected chi connectivity index (χ1v) is 6.14. The third-order valence-corrected chi connectivity index (χ3v) is 3.67. The predicted octanol–water partition coefficient (Wildman–Crippen LogP) is 1.36. The molecule has 2 saturated carbocycles. The van der Waals surface area contributed by atoms with Gasteiger partial charge < -0.3 is 10.0 Å². The molecule has 0 bridgehead atoms. The lowest BCUT2D eigenvalue weighted by molar-refractivity contribution is -0.138. The van der Waals surface area contributed by atoms with Gasteiger partial charge in [-0.15, -0.1) is 0 Å². The molecule has 0 spiro atoms. The van der Waals surface area contributed by atoms with Crippen LogP contribution in [0.1, 0.15) is 32.6 Å². The molecule has 2 rings (SSSR count). The normalized spacial score (nSPS) is 27.6. The van der Waals surface area contributed by atoms with Crippen LogP contribution in [0, 0.1) is 17.8 Å². The Bertz CT molecular complexity index is 299. The van der Waals surface area contributed by atoms with Crippen LogP contribution in [0.4, 0.5) is 0 Å². The Balaban J connectivity index is 1.79. The molecule has 4 heteroatoms. The zero-order valence-corrected chi connectivity index (χ0v) is 9.69. The van der Waals surface area contributed by atoms with Gasteiger partial charge in [0.2, 0.25) is 5.91 Å². The molecule has 2 aliphatic rings. The Morgan fingerprint density at radius 1 is 1.38 bits per heavy atom. The van der Waals surface area contributed by atoms with Crippen LogP contribution in [-0.2, 0) is 9.59 Å². The number of carboxylic acid groups (broad SMARTS) is 1. The first kappa shape index (κ1) is 11.4. The number of amides is 1. The minimum absolute atomic E-state index is 0.0559. The molecular formula is C12H19NO3. The van der Waals surface area contributed by atoms with Crippen molar-refractivity contribution in [1.82, 2.24) is 4.90 Å². The maximum absolute atomic E-state index is 12.0. The van der Waals surface area contributed by atoms with Crippen LogP contribution in [0.5, 0.6) is 0 Å². The SMILES string of the molecule is CCN(CCC(=O)O)C(=O)C1CC1C1CC1. The van der Waals surface area contributed by atoms with Crippen LogP contribution in [0.3, 0.4) is 0 Å². The summed E-state index contributed by atoms with van der Waals surface area (Å²) in [6.07, 6.45) is 3.67. The molecule has 2 fully saturated rings. The summed E-state index contributed by atoms with van der Waals surface area (Å²) in [5, 5.41) is 8.61. The van der Waals surface area contributed by atoms with Gasteiger partial charge in [-0.25, -0.2) is 0 Å². The van der Waals surface area contributed by atoms with E-state index in [0.717, 1.165) is 12.3 Å². The van der Waals surface area contributed by atoms with Gasteiger partial charge in [0.25, 0.3) is 0 Å². The second-order valence-corrected chi connectivity index (χ2v) is 4.91. The van der Waals surface area contributed by atoms with E-state index < -0.39 is 5.97 Å². The van der Waals surface area contributed by atoms with Crippen LogP contribution in [0.15, 0.2) is 0 Å². The molecule has 0 aliphatic heterocycles. The first-order chi connectivity index (χ1) is 7.63. The first-order valence-electron chi connectivity index (χ1n) is 6.14. The monoisotopic (exact) mass is 225 g/mol. The number of carbonyl (C=O) groups excluding carboxylic acids is 1. The number of rotatable bonds is 6. The van der Waals surface area contributed by atoms with E-state index in [2.05, 4.69) is 0 Å². The van der Waals surface area contributed by atoms with Crippen molar-refractivity contribution in [1.29, 1.82) is 0 Å². The molecule has 0 radical (unpaired) electrons. The Morgan fingerprint density at radius 3 is 2.56 bits per heavy atom. The van der Waals surface area contributed by atoms with Crippen molar-refractivity contribution in [2.45, 2.75) is 32.6 Å². The Morgan fingerprint density at radius 2 is 2.06 bits per heavy atom. The lowest BCUT2D eigenvalue weighted by atomic mass is 10.2. The fraction of sp³-hybridized carbons (Fsp3) is 0.833. The van der Waals surface area contributed by atoms with E-state index in [-0.39, 0.29) is 18.2 Å². The Kier molecular flexibility index (Phi) is 3.17. The highest BCUT2D eigenvalue weighted by Crippen LogP contribution is 2.54. The topological polar surface area (TPSA) is 57.6 Å². The van der Waals surface area contributed by atoms with Crippen LogP contribution >= 0.6 is 0 Å². The Hall–Kier alpha value is -1.06. The molecule has 16 heavy (non-hydrogen) atoms. The smallest absolute Gasteiger partial charge is 0.305 e. The van der Waals surface area contributed by atoms with E-state index in [0.29, 0.717) is 19.0 Å². The molecular weight excluding hydrogens is 206 g/mol. The molecule has 0 aromatic heterocycles. The van der Waals surface area contributed by atoms with Crippen LogP contribution in [0.25, 0.3) is 0 Å². The molecule has 0 aromatic rings. The molecule has 90 valence electrons. The van der Waals surface area contributed by atoms with Crippen molar-refractivity contribution in [3.05, 3.63) is 0 Å². The molecule has 4 nitrogen and oxygen atoms in total. The van der Waals surface area contributed by atoms with Gasteiger partial charge in [0.15, 0.2) is 0 Å². The summed E-state index contributed by atoms with van der Waals surface area (Å²) in [7, 11) is 0. The molecule has 1 amide bonds. The van der Waals surface area contributed by atoms with E-state index in [9.17, 15) is 9.59 Å². The van der Waals surface area contributed by atoms with E-state index >= 15 is 0 Å². The van der Waals surface area contributed by atoms with Crippen molar-refractivity contribution in [2.24, 2.45) is 17.8 Å². The van der Waals surface area contributed by atoms with Gasteiger partial charge in [0.1, 0.15) is 0 Å². The van der Waals surface area contributed by atoms with Gasteiger partial charge >= 0.3 is 5.97 Å². The maximum Gasteiger partial charge on any atom is 0.305 e. The molecule has 0 heterocycles. The van der Waals surface area contributed by atoms with Gasteiger partial charge in [-0.2, -0.15) is 0 Å². The molecule has 2 atom stereocenters. The molecule has 2 unspecified atom stereocenters. The molecule has 0 aromatic carbocycles. The van der Waals surface area contributed by atoms with Gasteiger partial charge in [0, 0.05) is 19.0 Å². The van der Waals surface area contributed by atoms with E-state index in [1.54, 1.807) is 4.90 Å². The maximum atomic E-state index is 12.0. The van der Waals surface area contributed by atoms with Crippen molar-refractivity contribution in [3.8, 4) is 0 Å². The molecule has 2 aliphatic carbocycles. The van der Waals surface area contributed by atoms with Gasteiger partial charge in [-0.3, -0.25) is 9.59 Å². The summed E-state index contributed by atoms with van der Waals surface area (Å²) in [4.78, 5) is 24.2. The highest BCUT2D eigenvalue weighted by atomic mass is 16.4. The summed E-state index contributed by atoms with van der Waals surface area (Å²) in [6.45, 7) is 2.90. The third kappa shape index (κ3) is 2.54. The largest absolute Gasteiger partial charge is 0.481 e. The fourth-order valence-corrected chi connectivity index (χ4v) is 2.43. The zero-order chi connectivity index (χ0) is 11.7. The van der Waals surface area contributed by atoms with Crippen molar-refractivity contribution in [2.75, 3.05) is 13.1 Å². The fourth-order valence-electron chi connectivity index (χ4n) is 2.43. The number of carbonyl (C=O) groups is 2. The van der Waals surface area contributed by atoms with Gasteiger partial charge in [0.05, 0.1) is 6.42 Å². The number of aliphatic carboxylic acids is 1. The second-order valence-electron chi connectivity index (χ2n) is 4.91. The summed E-state index contributed by atoms with van der Waals surface area (Å²) < 4.78 is 0. The standard InChI is InChI=1S/C12H19NO3/c1-2-13(6-5-11(14)15)12(16)10-7-9(10)8-3-4-8/h8-10H,2-7H2,1H3,(H,14,15). The number of hydrogen-bond donors (Lipinski definition) is 1. The van der Waals surface area contributed by atoms with Crippen molar-refractivity contribution < 1.29 is 14.7 Å². The number of hydrogen-bond acceptors (Lipinski definition) is 2. The zero-order valence-electron chi connectivity index (χ0n) is 9.69. The quantitative estimate of drug-likeness (QED) is 0.742. The van der Waals surface area contributed by atoms with Gasteiger partial charge in [-0.1, -0.05) is 0 Å². The van der Waals surface area contributed by atoms with E-state index in [4.69, 9.17) is 5.11 Å². The van der Waals surface area contributed by atoms with E-state index in [1.165, 1.54) is 12.8 Å². The summed E-state index contributed by atoms with van der Waals surface area (Å²) in [5.41, 5.74) is 0.